The van der Waals surface area contributed by atoms with Gasteiger partial charge in [-0.05, 0) is 54.0 Å². The van der Waals surface area contributed by atoms with Crippen LogP contribution in [0.3, 0.4) is 0 Å². The summed E-state index contributed by atoms with van der Waals surface area (Å²) in [5.41, 5.74) is 5.52. The minimum Gasteiger partial charge on any atom is -0.338 e. The first-order valence-electron chi connectivity index (χ1n) is 10.1. The zero-order chi connectivity index (χ0) is 22.1. The molecule has 7 heteroatoms. The number of nitrogens with one attached hydrogen (secondary N) is 2. The zero-order valence-corrected chi connectivity index (χ0v) is 17.3. The third kappa shape index (κ3) is 3.50. The van der Waals surface area contributed by atoms with Crippen LogP contribution in [0.15, 0.2) is 67.3 Å². The zero-order valence-electron chi connectivity index (χ0n) is 17.3. The Hall–Kier alpha value is -4.39. The van der Waals surface area contributed by atoms with E-state index in [4.69, 9.17) is 0 Å². The minimum absolute atomic E-state index is 0.281. The van der Waals surface area contributed by atoms with Crippen molar-refractivity contribution in [2.24, 2.45) is 0 Å². The molecule has 5 aromatic rings. The van der Waals surface area contributed by atoms with Gasteiger partial charge in [0.05, 0.1) is 22.9 Å². The van der Waals surface area contributed by atoms with Crippen molar-refractivity contribution in [3.8, 4) is 22.5 Å². The number of fused-ring (bicyclic) bond motifs is 1. The Balaban J connectivity index is 1.67. The molecule has 4 aromatic heterocycles. The van der Waals surface area contributed by atoms with Gasteiger partial charge in [0, 0.05) is 29.2 Å². The molecule has 5 rings (SSSR count). The second-order valence-electron chi connectivity index (χ2n) is 7.26. The predicted molar refractivity (Wildman–Crippen MR) is 124 cm³/mol. The van der Waals surface area contributed by atoms with Gasteiger partial charge in [-0.2, -0.15) is 5.10 Å². The van der Waals surface area contributed by atoms with Crippen LogP contribution >= 0.6 is 0 Å². The lowest BCUT2D eigenvalue weighted by Gasteiger charge is -2.02. The highest BCUT2D eigenvalue weighted by Crippen LogP contribution is 2.30. The molecule has 0 aliphatic rings. The summed E-state index contributed by atoms with van der Waals surface area (Å²) in [6.07, 6.45) is 10.7. The molecule has 156 valence electrons. The Morgan fingerprint density at radius 2 is 2.00 bits per heavy atom. The maximum Gasteiger partial charge on any atom is 0.138 e. The van der Waals surface area contributed by atoms with Crippen LogP contribution in [-0.2, 0) is 0 Å². The molecule has 0 amide bonds. The number of nitrogens with zero attached hydrogens (tertiary/aromatic N) is 4. The molecule has 32 heavy (non-hydrogen) atoms. The fraction of sp³-hybridized carbons (Fsp3) is 0.0400. The third-order valence-corrected chi connectivity index (χ3v) is 5.28. The van der Waals surface area contributed by atoms with Gasteiger partial charge in [-0.3, -0.25) is 15.1 Å². The summed E-state index contributed by atoms with van der Waals surface area (Å²) < 4.78 is 13.8. The molecule has 4 heterocycles. The fourth-order valence-corrected chi connectivity index (χ4v) is 3.72. The standard InChI is InChI=1S/C25H19FN6/c1-3-16(23-14-27-9-10-28-23)12-20-15(2)31-32-24(20)22-13-21-19(7-8-29-25(21)30-22)17-5-4-6-18(26)11-17/h3-14,31H,2H2,1H3,(H,29,30)/b16-3+,20-12+. The van der Waals surface area contributed by atoms with Crippen LogP contribution in [0.25, 0.3) is 51.8 Å². The van der Waals surface area contributed by atoms with Gasteiger partial charge < -0.3 is 4.98 Å². The van der Waals surface area contributed by atoms with E-state index in [1.165, 1.54) is 12.1 Å². The fourth-order valence-electron chi connectivity index (χ4n) is 3.72. The third-order valence-electron chi connectivity index (χ3n) is 5.28. The average Bonchev–Trinajstić information content (AvgIpc) is 3.41. The van der Waals surface area contributed by atoms with E-state index in [2.05, 4.69) is 36.7 Å². The smallest absolute Gasteiger partial charge is 0.138 e. The summed E-state index contributed by atoms with van der Waals surface area (Å²) in [7, 11) is 0. The van der Waals surface area contributed by atoms with E-state index in [9.17, 15) is 4.39 Å². The monoisotopic (exact) mass is 422 g/mol. The van der Waals surface area contributed by atoms with Gasteiger partial charge in [0.1, 0.15) is 17.2 Å². The number of H-pyrrole nitrogens is 2. The maximum absolute atomic E-state index is 13.8. The second kappa shape index (κ2) is 8.03. The molecule has 0 aliphatic heterocycles. The summed E-state index contributed by atoms with van der Waals surface area (Å²) in [5, 5.41) is 9.85. The molecule has 2 N–H and O–H groups in total. The van der Waals surface area contributed by atoms with Crippen molar-refractivity contribution in [2.45, 2.75) is 6.92 Å². The predicted octanol–water partition coefficient (Wildman–Crippen LogP) is 3.84. The van der Waals surface area contributed by atoms with Gasteiger partial charge in [-0.1, -0.05) is 24.8 Å². The van der Waals surface area contributed by atoms with Crippen LogP contribution in [0.2, 0.25) is 0 Å². The molecule has 0 fully saturated rings. The Bertz CT molecular complexity index is 1560. The lowest BCUT2D eigenvalue weighted by atomic mass is 10.0. The van der Waals surface area contributed by atoms with Crippen molar-refractivity contribution in [1.29, 1.82) is 0 Å². The summed E-state index contributed by atoms with van der Waals surface area (Å²) >= 11 is 0. The van der Waals surface area contributed by atoms with Gasteiger partial charge in [-0.25, -0.2) is 9.37 Å². The van der Waals surface area contributed by atoms with E-state index in [1.807, 2.05) is 37.3 Å². The number of halogens is 1. The molecule has 0 saturated carbocycles. The van der Waals surface area contributed by atoms with E-state index < -0.39 is 0 Å². The highest BCUT2D eigenvalue weighted by atomic mass is 19.1. The molecular formula is C25H19FN6. The van der Waals surface area contributed by atoms with Gasteiger partial charge in [0.25, 0.3) is 0 Å². The molecule has 0 radical (unpaired) electrons. The number of aromatic nitrogens is 6. The van der Waals surface area contributed by atoms with Crippen LogP contribution in [0.5, 0.6) is 0 Å². The number of hydrogen-bond donors (Lipinski definition) is 2. The van der Waals surface area contributed by atoms with Crippen LogP contribution in [0.4, 0.5) is 4.39 Å². The normalized spacial score (nSPS) is 12.6. The Kier molecular flexibility index (Phi) is 4.91. The molecule has 0 atom stereocenters. The highest BCUT2D eigenvalue weighted by Gasteiger charge is 2.13. The van der Waals surface area contributed by atoms with Gasteiger partial charge in [0.2, 0.25) is 0 Å². The number of pyridine rings is 1. The SMILES string of the molecule is C=c1[nH]nc(-c2cc3c(-c4cccc(F)c4)ccnc3[nH]2)/c1=C/C(=C\C)c1cnccn1. The molecule has 1 aromatic carbocycles. The first kappa shape index (κ1) is 19.6. The molecule has 0 saturated heterocycles. The van der Waals surface area contributed by atoms with E-state index in [1.54, 1.807) is 30.9 Å². The summed E-state index contributed by atoms with van der Waals surface area (Å²) in [6, 6.07) is 10.4. The topological polar surface area (TPSA) is 83.1 Å². The number of hydrogen-bond acceptors (Lipinski definition) is 4. The maximum atomic E-state index is 13.8. The van der Waals surface area contributed by atoms with Crippen molar-refractivity contribution in [2.75, 3.05) is 0 Å². The van der Waals surface area contributed by atoms with Crippen molar-refractivity contribution < 1.29 is 4.39 Å². The average molecular weight is 422 g/mol. The number of benzene rings is 1. The van der Waals surface area contributed by atoms with Crippen molar-refractivity contribution in [3.63, 3.8) is 0 Å². The highest BCUT2D eigenvalue weighted by molar-refractivity contribution is 5.96. The van der Waals surface area contributed by atoms with E-state index in [0.717, 1.165) is 38.7 Å². The first-order valence-corrected chi connectivity index (χ1v) is 10.1. The van der Waals surface area contributed by atoms with E-state index >= 15 is 0 Å². The summed E-state index contributed by atoms with van der Waals surface area (Å²) in [6.45, 7) is 6.04. The van der Waals surface area contributed by atoms with Crippen molar-refractivity contribution >= 4 is 29.3 Å². The van der Waals surface area contributed by atoms with Crippen LogP contribution in [-0.4, -0.2) is 30.1 Å². The molecule has 0 unspecified atom stereocenters. The van der Waals surface area contributed by atoms with E-state index in [-0.39, 0.29) is 5.82 Å². The van der Waals surface area contributed by atoms with Gasteiger partial charge in [-0.15, -0.1) is 0 Å². The molecule has 0 aliphatic carbocycles. The van der Waals surface area contributed by atoms with Gasteiger partial charge in [0.15, 0.2) is 0 Å². The Morgan fingerprint density at radius 1 is 1.09 bits per heavy atom. The number of allylic oxidation sites excluding steroid dienone is 2. The van der Waals surface area contributed by atoms with Crippen molar-refractivity contribution in [1.82, 2.24) is 30.1 Å². The molecular weight excluding hydrogens is 403 g/mol. The minimum atomic E-state index is -0.281. The molecule has 0 bridgehead atoms. The number of aromatic amines is 2. The van der Waals surface area contributed by atoms with Crippen LogP contribution in [0, 0.1) is 5.82 Å². The second-order valence-corrected chi connectivity index (χ2v) is 7.26. The summed E-state index contributed by atoms with van der Waals surface area (Å²) in [4.78, 5) is 16.3. The van der Waals surface area contributed by atoms with Crippen molar-refractivity contribution in [3.05, 3.63) is 89.3 Å². The quantitative estimate of drug-likeness (QED) is 0.461. The Morgan fingerprint density at radius 3 is 2.78 bits per heavy atom. The molecule has 0 spiro atoms. The van der Waals surface area contributed by atoms with Crippen LogP contribution in [0.1, 0.15) is 12.6 Å². The largest absolute Gasteiger partial charge is 0.338 e. The summed E-state index contributed by atoms with van der Waals surface area (Å²) in [5.74, 6) is -0.281. The molecule has 6 nitrogen and oxygen atoms in total. The van der Waals surface area contributed by atoms with Crippen LogP contribution < -0.4 is 10.6 Å². The lowest BCUT2D eigenvalue weighted by molar-refractivity contribution is 0.628. The van der Waals surface area contributed by atoms with E-state index in [0.29, 0.717) is 16.7 Å². The van der Waals surface area contributed by atoms with Gasteiger partial charge >= 0.3 is 0 Å². The Labute approximate surface area is 182 Å². The number of rotatable bonds is 4. The lowest BCUT2D eigenvalue weighted by Crippen LogP contribution is -2.22. The first-order chi connectivity index (χ1) is 15.6.